The van der Waals surface area contributed by atoms with Gasteiger partial charge in [0.25, 0.3) is 5.91 Å². The fraction of sp³-hybridized carbons (Fsp3) is 0.588. The fourth-order valence-corrected chi connectivity index (χ4v) is 3.01. The van der Waals surface area contributed by atoms with E-state index in [0.29, 0.717) is 30.2 Å². The van der Waals surface area contributed by atoms with Crippen LogP contribution in [-0.4, -0.2) is 19.1 Å². The minimum Gasteiger partial charge on any atom is -0.491 e. The van der Waals surface area contributed by atoms with Gasteiger partial charge in [-0.05, 0) is 37.3 Å². The summed E-state index contributed by atoms with van der Waals surface area (Å²) in [4.78, 5) is 12.4. The largest absolute Gasteiger partial charge is 0.491 e. The Kier molecular flexibility index (Phi) is 5.10. The van der Waals surface area contributed by atoms with Crippen molar-refractivity contribution in [2.24, 2.45) is 5.41 Å². The summed E-state index contributed by atoms with van der Waals surface area (Å²) >= 11 is 0. The van der Waals surface area contributed by atoms with Crippen LogP contribution in [0, 0.1) is 5.41 Å². The van der Waals surface area contributed by atoms with E-state index < -0.39 is 0 Å². The van der Waals surface area contributed by atoms with Gasteiger partial charge in [-0.1, -0.05) is 32.3 Å². The molecule has 1 aromatic rings. The Labute approximate surface area is 127 Å². The SMILES string of the molecule is CCOc1c(N)cccc1C(=O)NCC1(C)CCCCC1. The maximum atomic E-state index is 12.4. The van der Waals surface area contributed by atoms with E-state index in [9.17, 15) is 4.79 Å². The molecule has 0 atom stereocenters. The molecule has 1 fully saturated rings. The summed E-state index contributed by atoms with van der Waals surface area (Å²) in [6.07, 6.45) is 6.20. The number of carbonyl (C=O) groups is 1. The molecule has 4 nitrogen and oxygen atoms in total. The number of hydrogen-bond acceptors (Lipinski definition) is 3. The third-order valence-corrected chi connectivity index (χ3v) is 4.32. The molecule has 2 rings (SSSR count). The molecule has 21 heavy (non-hydrogen) atoms. The van der Waals surface area contributed by atoms with Crippen LogP contribution in [0.2, 0.25) is 0 Å². The van der Waals surface area contributed by atoms with Crippen LogP contribution in [-0.2, 0) is 0 Å². The quantitative estimate of drug-likeness (QED) is 0.817. The molecule has 0 aliphatic heterocycles. The Morgan fingerprint density at radius 1 is 1.33 bits per heavy atom. The van der Waals surface area contributed by atoms with E-state index in [2.05, 4.69) is 12.2 Å². The van der Waals surface area contributed by atoms with Gasteiger partial charge in [-0.3, -0.25) is 4.79 Å². The highest BCUT2D eigenvalue weighted by Crippen LogP contribution is 2.35. The number of ether oxygens (including phenoxy) is 1. The molecule has 0 bridgehead atoms. The number of anilines is 1. The Balaban J connectivity index is 2.05. The van der Waals surface area contributed by atoms with E-state index in [0.717, 1.165) is 0 Å². The monoisotopic (exact) mass is 290 g/mol. The van der Waals surface area contributed by atoms with Gasteiger partial charge in [0.2, 0.25) is 0 Å². The Morgan fingerprint density at radius 2 is 2.05 bits per heavy atom. The maximum Gasteiger partial charge on any atom is 0.255 e. The Hall–Kier alpha value is -1.71. The third-order valence-electron chi connectivity index (χ3n) is 4.32. The number of nitrogens with two attached hydrogens (primary N) is 1. The van der Waals surface area contributed by atoms with Crippen molar-refractivity contribution in [3.8, 4) is 5.75 Å². The first-order valence-electron chi connectivity index (χ1n) is 7.85. The van der Waals surface area contributed by atoms with Crippen molar-refractivity contribution in [3.63, 3.8) is 0 Å². The molecule has 1 aromatic carbocycles. The predicted molar refractivity (Wildman–Crippen MR) is 85.5 cm³/mol. The van der Waals surface area contributed by atoms with Crippen molar-refractivity contribution in [2.45, 2.75) is 46.0 Å². The van der Waals surface area contributed by atoms with Crippen molar-refractivity contribution in [3.05, 3.63) is 23.8 Å². The molecular weight excluding hydrogens is 264 g/mol. The van der Waals surface area contributed by atoms with Gasteiger partial charge in [-0.25, -0.2) is 0 Å². The van der Waals surface area contributed by atoms with Crippen LogP contribution < -0.4 is 15.8 Å². The second kappa shape index (κ2) is 6.83. The molecule has 0 heterocycles. The van der Waals surface area contributed by atoms with Crippen molar-refractivity contribution in [2.75, 3.05) is 18.9 Å². The topological polar surface area (TPSA) is 64.3 Å². The fourth-order valence-electron chi connectivity index (χ4n) is 3.01. The lowest BCUT2D eigenvalue weighted by Gasteiger charge is -2.33. The van der Waals surface area contributed by atoms with Crippen molar-refractivity contribution >= 4 is 11.6 Å². The molecule has 116 valence electrons. The second-order valence-electron chi connectivity index (χ2n) is 6.21. The summed E-state index contributed by atoms with van der Waals surface area (Å²) in [6, 6.07) is 5.30. The molecule has 0 spiro atoms. The number of carbonyl (C=O) groups excluding carboxylic acids is 1. The lowest BCUT2D eigenvalue weighted by Crippen LogP contribution is -2.37. The van der Waals surface area contributed by atoms with Gasteiger partial charge in [-0.2, -0.15) is 0 Å². The maximum absolute atomic E-state index is 12.4. The summed E-state index contributed by atoms with van der Waals surface area (Å²) in [5.74, 6) is 0.392. The van der Waals surface area contributed by atoms with Crippen molar-refractivity contribution in [1.29, 1.82) is 0 Å². The van der Waals surface area contributed by atoms with E-state index in [1.54, 1.807) is 18.2 Å². The zero-order valence-electron chi connectivity index (χ0n) is 13.1. The molecule has 0 radical (unpaired) electrons. The van der Waals surface area contributed by atoms with Crippen molar-refractivity contribution in [1.82, 2.24) is 5.32 Å². The number of nitrogens with one attached hydrogen (secondary N) is 1. The van der Waals surface area contributed by atoms with Crippen LogP contribution >= 0.6 is 0 Å². The molecule has 1 aliphatic rings. The Morgan fingerprint density at radius 3 is 2.71 bits per heavy atom. The van der Waals surface area contributed by atoms with Gasteiger partial charge >= 0.3 is 0 Å². The van der Waals surface area contributed by atoms with E-state index in [1.807, 2.05) is 6.92 Å². The summed E-state index contributed by atoms with van der Waals surface area (Å²) in [6.45, 7) is 5.35. The van der Waals surface area contributed by atoms with Gasteiger partial charge in [0, 0.05) is 6.54 Å². The van der Waals surface area contributed by atoms with E-state index >= 15 is 0 Å². The van der Waals surface area contributed by atoms with E-state index in [1.165, 1.54) is 32.1 Å². The first-order chi connectivity index (χ1) is 10.1. The highest BCUT2D eigenvalue weighted by atomic mass is 16.5. The highest BCUT2D eigenvalue weighted by molar-refractivity contribution is 5.98. The number of nitrogen functional groups attached to an aromatic ring is 1. The normalized spacial score (nSPS) is 17.2. The van der Waals surface area contributed by atoms with Gasteiger partial charge in [0.05, 0.1) is 17.9 Å². The zero-order valence-corrected chi connectivity index (χ0v) is 13.1. The average Bonchev–Trinajstić information content (AvgIpc) is 2.48. The highest BCUT2D eigenvalue weighted by Gasteiger charge is 2.27. The predicted octanol–water partition coefficient (Wildman–Crippen LogP) is 3.37. The molecule has 1 aliphatic carbocycles. The molecule has 0 saturated heterocycles. The smallest absolute Gasteiger partial charge is 0.255 e. The van der Waals surface area contributed by atoms with Crippen LogP contribution in [0.3, 0.4) is 0 Å². The lowest BCUT2D eigenvalue weighted by atomic mass is 9.76. The van der Waals surface area contributed by atoms with Gasteiger partial charge in [0.1, 0.15) is 0 Å². The summed E-state index contributed by atoms with van der Waals surface area (Å²) in [7, 11) is 0. The molecule has 0 unspecified atom stereocenters. The minimum atomic E-state index is -0.0995. The molecular formula is C17H26N2O2. The third kappa shape index (κ3) is 3.90. The number of para-hydroxylation sites is 1. The van der Waals surface area contributed by atoms with Gasteiger partial charge in [0.15, 0.2) is 5.75 Å². The van der Waals surface area contributed by atoms with Gasteiger partial charge in [-0.15, -0.1) is 0 Å². The number of hydrogen-bond donors (Lipinski definition) is 2. The first kappa shape index (κ1) is 15.7. The number of amides is 1. The van der Waals surface area contributed by atoms with E-state index in [4.69, 9.17) is 10.5 Å². The van der Waals surface area contributed by atoms with Crippen LogP contribution in [0.15, 0.2) is 18.2 Å². The van der Waals surface area contributed by atoms with Crippen LogP contribution in [0.1, 0.15) is 56.3 Å². The number of benzene rings is 1. The Bertz CT molecular complexity index is 494. The molecule has 3 N–H and O–H groups in total. The standard InChI is InChI=1S/C17H26N2O2/c1-3-21-15-13(8-7-9-14(15)18)16(20)19-12-17(2)10-5-4-6-11-17/h7-9H,3-6,10-12,18H2,1-2H3,(H,19,20). The summed E-state index contributed by atoms with van der Waals surface area (Å²) in [5, 5.41) is 3.06. The average molecular weight is 290 g/mol. The van der Waals surface area contributed by atoms with Crippen molar-refractivity contribution < 1.29 is 9.53 Å². The lowest BCUT2D eigenvalue weighted by molar-refractivity contribution is 0.0915. The number of rotatable bonds is 5. The summed E-state index contributed by atoms with van der Waals surface area (Å²) in [5.41, 5.74) is 7.16. The summed E-state index contributed by atoms with van der Waals surface area (Å²) < 4.78 is 5.52. The molecule has 1 saturated carbocycles. The second-order valence-corrected chi connectivity index (χ2v) is 6.21. The van der Waals surface area contributed by atoms with Crippen LogP contribution in [0.25, 0.3) is 0 Å². The van der Waals surface area contributed by atoms with Crippen LogP contribution in [0.4, 0.5) is 5.69 Å². The van der Waals surface area contributed by atoms with E-state index in [-0.39, 0.29) is 11.3 Å². The van der Waals surface area contributed by atoms with Crippen LogP contribution in [0.5, 0.6) is 5.75 Å². The molecule has 4 heteroatoms. The first-order valence-corrected chi connectivity index (χ1v) is 7.85. The molecule has 0 aromatic heterocycles. The minimum absolute atomic E-state index is 0.0995. The van der Waals surface area contributed by atoms with Gasteiger partial charge < -0.3 is 15.8 Å². The molecule has 1 amide bonds. The zero-order chi connectivity index (χ0) is 15.3.